The molecule has 39 heavy (non-hydrogen) atoms. The first kappa shape index (κ1) is 24.3. The molecule has 6 rings (SSSR count). The lowest BCUT2D eigenvalue weighted by atomic mass is 9.90. The summed E-state index contributed by atoms with van der Waals surface area (Å²) >= 11 is 0. The van der Waals surface area contributed by atoms with Crippen LogP contribution in [0.4, 0.5) is 16.4 Å². The van der Waals surface area contributed by atoms with Gasteiger partial charge in [0.1, 0.15) is 17.2 Å². The largest absolute Gasteiger partial charge is 0.497 e. The molecule has 4 aromatic rings. The average molecular weight is 527 g/mol. The summed E-state index contributed by atoms with van der Waals surface area (Å²) in [6.07, 6.45) is 0.557. The van der Waals surface area contributed by atoms with Gasteiger partial charge in [0, 0.05) is 29.2 Å². The molecule has 3 heterocycles. The van der Waals surface area contributed by atoms with E-state index in [9.17, 15) is 9.59 Å². The fourth-order valence-electron chi connectivity index (χ4n) is 5.06. The summed E-state index contributed by atoms with van der Waals surface area (Å²) in [5.41, 5.74) is 1.57. The monoisotopic (exact) mass is 526 g/mol. The first-order valence-electron chi connectivity index (χ1n) is 12.3. The van der Waals surface area contributed by atoms with Crippen molar-refractivity contribution in [2.24, 2.45) is 0 Å². The number of hydrogen-bond acceptors (Lipinski definition) is 7. The molecule has 1 fully saturated rings. The molecule has 0 unspecified atom stereocenters. The van der Waals surface area contributed by atoms with E-state index in [2.05, 4.69) is 25.8 Å². The minimum atomic E-state index is -0.924. The van der Waals surface area contributed by atoms with E-state index in [1.165, 1.54) is 0 Å². The molecule has 198 valence electrons. The maximum absolute atomic E-state index is 13.2. The molecule has 0 saturated carbocycles. The predicted octanol–water partition coefficient (Wildman–Crippen LogP) is 4.51. The van der Waals surface area contributed by atoms with Gasteiger partial charge in [-0.15, -0.1) is 5.10 Å². The molecule has 1 saturated heterocycles. The molecule has 11 heteroatoms. The highest BCUT2D eigenvalue weighted by atomic mass is 16.5. The molecule has 3 aromatic carbocycles. The number of anilines is 2. The zero-order chi connectivity index (χ0) is 27.1. The number of methoxy groups -OCH3 is 2. The zero-order valence-corrected chi connectivity index (χ0v) is 21.5. The van der Waals surface area contributed by atoms with Crippen molar-refractivity contribution in [3.8, 4) is 28.6 Å². The van der Waals surface area contributed by atoms with Crippen molar-refractivity contribution >= 4 is 23.6 Å². The summed E-state index contributed by atoms with van der Waals surface area (Å²) in [6, 6.07) is 19.3. The number of H-pyrrole nitrogens is 1. The Morgan fingerprint density at radius 2 is 1.85 bits per heavy atom. The first-order chi connectivity index (χ1) is 18.9. The van der Waals surface area contributed by atoms with E-state index < -0.39 is 11.6 Å². The van der Waals surface area contributed by atoms with Crippen molar-refractivity contribution in [3.63, 3.8) is 0 Å². The molecule has 1 aromatic heterocycles. The molecular weight excluding hydrogens is 500 g/mol. The predicted molar refractivity (Wildman–Crippen MR) is 143 cm³/mol. The van der Waals surface area contributed by atoms with E-state index in [1.54, 1.807) is 61.6 Å². The fourth-order valence-corrected chi connectivity index (χ4v) is 5.06. The third kappa shape index (κ3) is 4.37. The van der Waals surface area contributed by atoms with Gasteiger partial charge in [-0.3, -0.25) is 20.1 Å². The van der Waals surface area contributed by atoms with Gasteiger partial charge in [0.2, 0.25) is 5.95 Å². The van der Waals surface area contributed by atoms with Crippen molar-refractivity contribution in [2.45, 2.75) is 25.1 Å². The fraction of sp³-hybridized carbons (Fsp3) is 0.214. The Morgan fingerprint density at radius 1 is 1.08 bits per heavy atom. The Hall–Kier alpha value is -5.06. The Bertz CT molecular complexity index is 1560. The van der Waals surface area contributed by atoms with Crippen LogP contribution in [0.3, 0.4) is 0 Å². The van der Waals surface area contributed by atoms with Gasteiger partial charge in [0.05, 0.1) is 25.9 Å². The molecule has 2 aliphatic heterocycles. The third-order valence-corrected chi connectivity index (χ3v) is 6.88. The standard InChI is InChI=1S/C28H26N6O5/c1-28-15-22(21-9-4-5-10-23(21)39-28)29-27(36)34(28)18-8-6-7-16(11-18)25(35)31-26-30-24(32-33-26)17-12-19(37-2)14-20(13-17)38-3/h4-14,22H,15H2,1-3H3,(H,29,36)(H2,30,31,32,33,35)/t22-,28+/m1/s1. The number of carbonyl (C=O) groups is 2. The number of amides is 3. The SMILES string of the molecule is COc1cc(OC)cc(-c2nc(NC(=O)c3cccc(N4C(=O)N[C@@H]5C[C@]4(C)Oc4ccccc45)c3)n[nH]2)c1. The summed E-state index contributed by atoms with van der Waals surface area (Å²) < 4.78 is 17.0. The van der Waals surface area contributed by atoms with Crippen molar-refractivity contribution in [1.29, 1.82) is 0 Å². The Morgan fingerprint density at radius 3 is 2.62 bits per heavy atom. The third-order valence-electron chi connectivity index (χ3n) is 6.88. The van der Waals surface area contributed by atoms with Gasteiger partial charge in [0.15, 0.2) is 11.5 Å². The molecule has 0 radical (unpaired) electrons. The van der Waals surface area contributed by atoms with Gasteiger partial charge >= 0.3 is 6.03 Å². The van der Waals surface area contributed by atoms with Crippen LogP contribution < -0.4 is 29.7 Å². The lowest BCUT2D eigenvalue weighted by Gasteiger charge is -2.50. The van der Waals surface area contributed by atoms with Crippen LogP contribution in [-0.4, -0.2) is 47.1 Å². The van der Waals surface area contributed by atoms with Gasteiger partial charge < -0.3 is 19.5 Å². The zero-order valence-electron chi connectivity index (χ0n) is 21.5. The molecule has 3 N–H and O–H groups in total. The molecule has 11 nitrogen and oxygen atoms in total. The summed E-state index contributed by atoms with van der Waals surface area (Å²) in [6.45, 7) is 1.88. The lowest BCUT2D eigenvalue weighted by molar-refractivity contribution is 0.0378. The minimum Gasteiger partial charge on any atom is -0.497 e. The summed E-state index contributed by atoms with van der Waals surface area (Å²) in [7, 11) is 3.12. The number of benzene rings is 3. The van der Waals surface area contributed by atoms with Gasteiger partial charge in [0.25, 0.3) is 5.91 Å². The summed E-state index contributed by atoms with van der Waals surface area (Å²) in [5, 5.41) is 12.7. The summed E-state index contributed by atoms with van der Waals surface area (Å²) in [4.78, 5) is 32.3. The second kappa shape index (κ2) is 9.35. The normalized spacial score (nSPS) is 19.4. The van der Waals surface area contributed by atoms with Crippen LogP contribution in [0.15, 0.2) is 66.7 Å². The Balaban J connectivity index is 1.23. The average Bonchev–Trinajstić information content (AvgIpc) is 3.41. The van der Waals surface area contributed by atoms with Crippen molar-refractivity contribution in [3.05, 3.63) is 77.9 Å². The van der Waals surface area contributed by atoms with Crippen LogP contribution in [0.1, 0.15) is 35.3 Å². The highest BCUT2D eigenvalue weighted by Crippen LogP contribution is 2.45. The number of para-hydroxylation sites is 1. The Labute approximate surface area is 224 Å². The van der Waals surface area contributed by atoms with Crippen molar-refractivity contribution < 1.29 is 23.8 Å². The van der Waals surface area contributed by atoms with Crippen LogP contribution in [0.5, 0.6) is 17.2 Å². The number of hydrogen-bond donors (Lipinski definition) is 3. The number of rotatable bonds is 6. The highest BCUT2D eigenvalue weighted by Gasteiger charge is 2.49. The van der Waals surface area contributed by atoms with E-state index in [0.717, 1.165) is 11.3 Å². The van der Waals surface area contributed by atoms with Crippen LogP contribution in [0.2, 0.25) is 0 Å². The number of aromatic amines is 1. The number of urea groups is 1. The van der Waals surface area contributed by atoms with Gasteiger partial charge in [-0.05, 0) is 43.3 Å². The molecule has 3 amide bonds. The van der Waals surface area contributed by atoms with Crippen LogP contribution in [0.25, 0.3) is 11.4 Å². The number of aromatic nitrogens is 3. The number of nitrogens with zero attached hydrogens (tertiary/aromatic N) is 3. The quantitative estimate of drug-likeness (QED) is 0.337. The van der Waals surface area contributed by atoms with Crippen molar-refractivity contribution in [1.82, 2.24) is 20.5 Å². The van der Waals surface area contributed by atoms with E-state index in [1.807, 2.05) is 31.2 Å². The number of carbonyl (C=O) groups excluding carboxylic acids is 2. The van der Waals surface area contributed by atoms with Gasteiger partial charge in [-0.1, -0.05) is 24.3 Å². The van der Waals surface area contributed by atoms with Crippen LogP contribution in [0, 0.1) is 0 Å². The highest BCUT2D eigenvalue weighted by molar-refractivity contribution is 6.05. The van der Waals surface area contributed by atoms with E-state index in [-0.39, 0.29) is 18.0 Å². The molecule has 2 atom stereocenters. The molecular formula is C28H26N6O5. The minimum absolute atomic E-state index is 0.0972. The van der Waals surface area contributed by atoms with E-state index in [0.29, 0.717) is 40.6 Å². The summed E-state index contributed by atoms with van der Waals surface area (Å²) in [5.74, 6) is 2.01. The molecule has 0 aliphatic carbocycles. The topological polar surface area (TPSA) is 131 Å². The van der Waals surface area contributed by atoms with Crippen LogP contribution >= 0.6 is 0 Å². The maximum atomic E-state index is 13.2. The molecule has 2 bridgehead atoms. The van der Waals surface area contributed by atoms with Gasteiger partial charge in [-0.2, -0.15) is 4.98 Å². The lowest BCUT2D eigenvalue weighted by Crippen LogP contribution is -2.65. The first-order valence-corrected chi connectivity index (χ1v) is 12.3. The number of nitrogens with one attached hydrogen (secondary N) is 3. The second-order valence-electron chi connectivity index (χ2n) is 9.47. The molecule has 0 spiro atoms. The number of fused-ring (bicyclic) bond motifs is 4. The van der Waals surface area contributed by atoms with E-state index >= 15 is 0 Å². The maximum Gasteiger partial charge on any atom is 0.325 e. The van der Waals surface area contributed by atoms with Crippen LogP contribution in [-0.2, 0) is 0 Å². The number of ether oxygens (including phenoxy) is 3. The van der Waals surface area contributed by atoms with E-state index in [4.69, 9.17) is 14.2 Å². The Kier molecular flexibility index (Phi) is 5.82. The van der Waals surface area contributed by atoms with Crippen molar-refractivity contribution in [2.75, 3.05) is 24.4 Å². The molecule has 2 aliphatic rings. The second-order valence-corrected chi connectivity index (χ2v) is 9.47. The smallest absolute Gasteiger partial charge is 0.325 e. The van der Waals surface area contributed by atoms with Gasteiger partial charge in [-0.25, -0.2) is 4.79 Å².